The van der Waals surface area contributed by atoms with E-state index in [1.165, 1.54) is 11.0 Å². The normalized spacial score (nSPS) is 26.7. The monoisotopic (exact) mass is 527 g/mol. The van der Waals surface area contributed by atoms with Crippen molar-refractivity contribution in [2.24, 2.45) is 17.8 Å². The fourth-order valence-electron chi connectivity index (χ4n) is 6.74. The number of rotatable bonds is 2. The highest BCUT2D eigenvalue weighted by molar-refractivity contribution is 6.31. The molecule has 1 saturated heterocycles. The summed E-state index contributed by atoms with van der Waals surface area (Å²) in [6.45, 7) is 5.25. The van der Waals surface area contributed by atoms with Gasteiger partial charge in [-0.2, -0.15) is 0 Å². The second-order valence-electron chi connectivity index (χ2n) is 10.7. The number of amides is 2. The number of nitrogens with zero attached hydrogens (tertiary/aromatic N) is 1. The Hall–Kier alpha value is -3.77. The highest BCUT2D eigenvalue weighted by Crippen LogP contribution is 2.55. The van der Waals surface area contributed by atoms with E-state index in [1.807, 2.05) is 18.2 Å². The molecule has 1 N–H and O–H groups in total. The van der Waals surface area contributed by atoms with Crippen molar-refractivity contribution in [3.05, 3.63) is 92.6 Å². The average molecular weight is 528 g/mol. The van der Waals surface area contributed by atoms with Crippen LogP contribution in [0, 0.1) is 31.6 Å². The molecule has 6 nitrogen and oxygen atoms in total. The molecule has 2 aromatic carbocycles. The van der Waals surface area contributed by atoms with Gasteiger partial charge in [-0.05, 0) is 86.6 Å². The van der Waals surface area contributed by atoms with E-state index < -0.39 is 23.7 Å². The van der Waals surface area contributed by atoms with E-state index in [9.17, 15) is 24.3 Å². The standard InChI is InChI=1S/C31H26ClNO5/c1-14-10-17(11-15(2)28(14)35)25-20-8-9-21-26(22(20)13-23-24(34)12-16(3)29(36)27(23)25)31(38)33(30(21)37)19-6-4-18(32)5-7-19/h4-8,10-12,21-22,25-26,35H,9,13H2,1-3H3/t21-,22+,25-,26-/m0/s1. The van der Waals surface area contributed by atoms with E-state index >= 15 is 0 Å². The number of aromatic hydroxyl groups is 1. The molecular formula is C31H26ClNO5. The molecule has 1 fully saturated rings. The van der Waals surface area contributed by atoms with Crippen LogP contribution in [0.4, 0.5) is 5.69 Å². The summed E-state index contributed by atoms with van der Waals surface area (Å²) in [4.78, 5) is 55.4. The van der Waals surface area contributed by atoms with Gasteiger partial charge in [0.2, 0.25) is 11.8 Å². The van der Waals surface area contributed by atoms with Gasteiger partial charge in [0.15, 0.2) is 11.6 Å². The van der Waals surface area contributed by atoms with Gasteiger partial charge in [0, 0.05) is 27.7 Å². The lowest BCUT2D eigenvalue weighted by molar-refractivity contribution is -0.123. The number of phenols is 1. The minimum absolute atomic E-state index is 0.175. The van der Waals surface area contributed by atoms with Crippen molar-refractivity contribution >= 4 is 40.7 Å². The van der Waals surface area contributed by atoms with Gasteiger partial charge < -0.3 is 5.11 Å². The minimum Gasteiger partial charge on any atom is -0.507 e. The minimum atomic E-state index is -0.635. The van der Waals surface area contributed by atoms with Crippen molar-refractivity contribution in [2.45, 2.75) is 39.5 Å². The lowest BCUT2D eigenvalue weighted by atomic mass is 9.59. The molecule has 0 bridgehead atoms. The van der Waals surface area contributed by atoms with E-state index in [0.29, 0.717) is 45.0 Å². The summed E-state index contributed by atoms with van der Waals surface area (Å²) in [5.74, 6) is -2.86. The molecule has 0 aromatic heterocycles. The van der Waals surface area contributed by atoms with Gasteiger partial charge in [-0.3, -0.25) is 24.1 Å². The van der Waals surface area contributed by atoms with Crippen LogP contribution in [-0.4, -0.2) is 28.5 Å². The summed E-state index contributed by atoms with van der Waals surface area (Å²) in [7, 11) is 0. The summed E-state index contributed by atoms with van der Waals surface area (Å²) in [5.41, 5.74) is 4.75. The fraction of sp³-hybridized carbons (Fsp3) is 0.290. The molecule has 2 amide bonds. The van der Waals surface area contributed by atoms with Gasteiger partial charge in [-0.1, -0.05) is 35.4 Å². The molecule has 192 valence electrons. The topological polar surface area (TPSA) is 91.8 Å². The fourth-order valence-corrected chi connectivity index (χ4v) is 6.87. The maximum Gasteiger partial charge on any atom is 0.238 e. The number of aryl methyl sites for hydroxylation is 2. The lowest BCUT2D eigenvalue weighted by Crippen LogP contribution is -2.39. The zero-order valence-electron chi connectivity index (χ0n) is 21.2. The van der Waals surface area contributed by atoms with Crippen molar-refractivity contribution in [3.63, 3.8) is 0 Å². The lowest BCUT2D eigenvalue weighted by Gasteiger charge is -2.42. The predicted octanol–water partition coefficient (Wildman–Crippen LogP) is 5.30. The number of carbonyl (C=O) groups is 4. The van der Waals surface area contributed by atoms with Gasteiger partial charge in [0.25, 0.3) is 0 Å². The van der Waals surface area contributed by atoms with E-state index in [-0.39, 0.29) is 35.6 Å². The van der Waals surface area contributed by atoms with Crippen LogP contribution in [-0.2, 0) is 19.2 Å². The maximum atomic E-state index is 13.9. The third kappa shape index (κ3) is 3.47. The second kappa shape index (κ2) is 8.63. The van der Waals surface area contributed by atoms with Crippen molar-refractivity contribution in [2.75, 3.05) is 4.90 Å². The number of hydrogen-bond donors (Lipinski definition) is 1. The number of allylic oxidation sites excluding steroid dienone is 6. The Morgan fingerprint density at radius 2 is 1.58 bits per heavy atom. The Kier molecular flexibility index (Phi) is 5.58. The molecule has 0 radical (unpaired) electrons. The van der Waals surface area contributed by atoms with Crippen molar-refractivity contribution in [1.29, 1.82) is 0 Å². The molecule has 3 aliphatic carbocycles. The first-order valence-corrected chi connectivity index (χ1v) is 13.1. The molecule has 38 heavy (non-hydrogen) atoms. The van der Waals surface area contributed by atoms with Gasteiger partial charge in [-0.25, -0.2) is 0 Å². The number of halogens is 1. The average Bonchev–Trinajstić information content (AvgIpc) is 3.14. The van der Waals surface area contributed by atoms with Gasteiger partial charge >= 0.3 is 0 Å². The Morgan fingerprint density at radius 1 is 0.921 bits per heavy atom. The summed E-state index contributed by atoms with van der Waals surface area (Å²) < 4.78 is 0. The van der Waals surface area contributed by atoms with Gasteiger partial charge in [0.1, 0.15) is 5.75 Å². The Labute approximate surface area is 225 Å². The van der Waals surface area contributed by atoms with E-state index in [0.717, 1.165) is 11.1 Å². The number of fused-ring (bicyclic) bond motifs is 3. The molecular weight excluding hydrogens is 502 g/mol. The number of anilines is 1. The maximum absolute atomic E-state index is 13.9. The molecule has 7 heteroatoms. The second-order valence-corrected chi connectivity index (χ2v) is 11.2. The quantitative estimate of drug-likeness (QED) is 0.325. The summed E-state index contributed by atoms with van der Waals surface area (Å²) in [6.07, 6.45) is 3.98. The first-order valence-electron chi connectivity index (χ1n) is 12.7. The number of carbonyl (C=O) groups excluding carboxylic acids is 4. The van der Waals surface area contributed by atoms with Gasteiger partial charge in [0.05, 0.1) is 17.5 Å². The number of imide groups is 1. The zero-order valence-corrected chi connectivity index (χ0v) is 22.0. The van der Waals surface area contributed by atoms with Crippen LogP contribution in [0.5, 0.6) is 5.75 Å². The first-order chi connectivity index (χ1) is 18.1. The van der Waals surface area contributed by atoms with Crippen LogP contribution in [0.2, 0.25) is 5.02 Å². The largest absolute Gasteiger partial charge is 0.507 e. The van der Waals surface area contributed by atoms with Crippen LogP contribution in [0.25, 0.3) is 0 Å². The van der Waals surface area contributed by atoms with Crippen LogP contribution in [0.15, 0.2) is 70.8 Å². The van der Waals surface area contributed by atoms with Crippen LogP contribution in [0.1, 0.15) is 42.4 Å². The van der Waals surface area contributed by atoms with Crippen LogP contribution in [0.3, 0.4) is 0 Å². The van der Waals surface area contributed by atoms with Crippen molar-refractivity contribution in [1.82, 2.24) is 0 Å². The molecule has 6 rings (SSSR count). The predicted molar refractivity (Wildman–Crippen MR) is 143 cm³/mol. The number of phenolic OH excluding ortho intramolecular Hbond substituents is 1. The molecule has 4 aliphatic rings. The van der Waals surface area contributed by atoms with E-state index in [1.54, 1.807) is 45.0 Å². The molecule has 0 unspecified atom stereocenters. The number of hydrogen-bond acceptors (Lipinski definition) is 5. The Bertz CT molecular complexity index is 1540. The van der Waals surface area contributed by atoms with E-state index in [2.05, 4.69) is 0 Å². The number of benzene rings is 2. The molecule has 4 atom stereocenters. The molecule has 0 saturated carbocycles. The molecule has 0 spiro atoms. The number of ketones is 2. The number of Topliss-reactive ketones (excluding diaryl/α,β-unsaturated/α-hetero) is 1. The summed E-state index contributed by atoms with van der Waals surface area (Å²) >= 11 is 6.03. The smallest absolute Gasteiger partial charge is 0.238 e. The highest BCUT2D eigenvalue weighted by Gasteiger charge is 2.56. The first kappa shape index (κ1) is 24.6. The van der Waals surface area contributed by atoms with Crippen molar-refractivity contribution in [3.8, 4) is 5.75 Å². The van der Waals surface area contributed by atoms with Crippen LogP contribution >= 0.6 is 11.6 Å². The summed E-state index contributed by atoms with van der Waals surface area (Å²) in [6, 6.07) is 10.3. The zero-order chi connectivity index (χ0) is 27.0. The molecule has 2 aromatic rings. The van der Waals surface area contributed by atoms with Crippen LogP contribution < -0.4 is 4.90 Å². The van der Waals surface area contributed by atoms with E-state index in [4.69, 9.17) is 11.6 Å². The highest BCUT2D eigenvalue weighted by atomic mass is 35.5. The van der Waals surface area contributed by atoms with Gasteiger partial charge in [-0.15, -0.1) is 0 Å². The third-order valence-corrected chi connectivity index (χ3v) is 8.75. The Balaban J connectivity index is 1.50. The third-order valence-electron chi connectivity index (χ3n) is 8.50. The van der Waals surface area contributed by atoms with Crippen molar-refractivity contribution < 1.29 is 24.3 Å². The SMILES string of the molecule is CC1=CC(=O)C2=C(C1=O)[C@@H](c1cc(C)c(O)c(C)c1)C1=CC[C@@H]3C(=O)N(c4ccc(Cl)cc4)C(=O)[C@@H]3[C@@H]1C2. The summed E-state index contributed by atoms with van der Waals surface area (Å²) in [5, 5.41) is 10.9. The molecule has 1 aliphatic heterocycles. The Morgan fingerprint density at radius 3 is 2.24 bits per heavy atom. The molecule has 1 heterocycles.